The third kappa shape index (κ3) is 5.26. The second-order valence-electron chi connectivity index (χ2n) is 11.4. The molecule has 2 aliphatic heterocycles. The number of piperidine rings is 1. The fourth-order valence-corrected chi connectivity index (χ4v) is 6.12. The number of fused-ring (bicyclic) bond motifs is 2. The molecule has 4 aromatic heterocycles. The zero-order valence-corrected chi connectivity index (χ0v) is 25.5. The van der Waals surface area contributed by atoms with Gasteiger partial charge in [-0.15, -0.1) is 0 Å². The van der Waals surface area contributed by atoms with Crippen LogP contribution in [0.2, 0.25) is 5.02 Å². The van der Waals surface area contributed by atoms with Gasteiger partial charge in [0.1, 0.15) is 10.8 Å². The smallest absolute Gasteiger partial charge is 0.334 e. The second kappa shape index (κ2) is 11.0. The first-order valence-corrected chi connectivity index (χ1v) is 14.9. The highest BCUT2D eigenvalue weighted by atomic mass is 35.5. The van der Waals surface area contributed by atoms with Crippen LogP contribution in [0.4, 0.5) is 29.0 Å². The number of hydrogen-bond acceptors (Lipinski definition) is 10. The molecule has 2 atom stereocenters. The number of pyridine rings is 1. The number of H-pyrrole nitrogens is 1. The first-order chi connectivity index (χ1) is 21.6. The van der Waals surface area contributed by atoms with Gasteiger partial charge in [-0.3, -0.25) is 28.7 Å². The highest BCUT2D eigenvalue weighted by Gasteiger charge is 2.29. The summed E-state index contributed by atoms with van der Waals surface area (Å²) in [5.74, 6) is 2.45. The number of benzene rings is 1. The third-order valence-electron chi connectivity index (χ3n) is 8.39. The molecule has 15 heteroatoms. The van der Waals surface area contributed by atoms with Crippen molar-refractivity contribution in [3.63, 3.8) is 0 Å². The lowest BCUT2D eigenvalue weighted by molar-refractivity contribution is -0.117. The predicted octanol–water partition coefficient (Wildman–Crippen LogP) is 2.84. The van der Waals surface area contributed by atoms with Crippen LogP contribution in [0.5, 0.6) is 0 Å². The van der Waals surface area contributed by atoms with Crippen LogP contribution in [0.3, 0.4) is 0 Å². The van der Waals surface area contributed by atoms with Gasteiger partial charge < -0.3 is 15.5 Å². The zero-order valence-electron chi connectivity index (χ0n) is 24.8. The van der Waals surface area contributed by atoms with Crippen molar-refractivity contribution < 1.29 is 4.79 Å². The number of hydrogen-bond donors (Lipinski definition) is 3. The topological polar surface area (TPSA) is 159 Å². The Morgan fingerprint density at radius 2 is 1.87 bits per heavy atom. The van der Waals surface area contributed by atoms with Crippen molar-refractivity contribution in [2.75, 3.05) is 40.6 Å². The molecular weight excluding hydrogens is 598 g/mol. The van der Waals surface area contributed by atoms with Crippen LogP contribution in [-0.4, -0.2) is 66.4 Å². The Bertz CT molecular complexity index is 2090. The molecule has 7 rings (SSSR count). The van der Waals surface area contributed by atoms with Crippen LogP contribution in [0.25, 0.3) is 16.7 Å². The van der Waals surface area contributed by atoms with E-state index < -0.39 is 11.2 Å². The maximum absolute atomic E-state index is 12.4. The van der Waals surface area contributed by atoms with Gasteiger partial charge in [0.05, 0.1) is 30.0 Å². The lowest BCUT2D eigenvalue weighted by Gasteiger charge is -2.37. The number of nitrogens with one attached hydrogen (secondary N) is 3. The molecule has 1 fully saturated rings. The normalized spacial score (nSPS) is 18.0. The minimum absolute atomic E-state index is 0.0105. The number of aromatic amines is 1. The average molecular weight is 628 g/mol. The van der Waals surface area contributed by atoms with Gasteiger partial charge >= 0.3 is 5.69 Å². The van der Waals surface area contributed by atoms with E-state index in [1.165, 1.54) is 16.8 Å². The van der Waals surface area contributed by atoms with Crippen molar-refractivity contribution in [3.8, 4) is 5.82 Å². The van der Waals surface area contributed by atoms with Crippen LogP contribution in [0.15, 0.2) is 58.5 Å². The number of anilines is 5. The summed E-state index contributed by atoms with van der Waals surface area (Å²) in [5, 5.41) is 12.6. The van der Waals surface area contributed by atoms with E-state index in [-0.39, 0.29) is 17.9 Å². The molecule has 0 spiro atoms. The summed E-state index contributed by atoms with van der Waals surface area (Å²) in [7, 11) is 3.54. The summed E-state index contributed by atoms with van der Waals surface area (Å²) in [4.78, 5) is 55.6. The molecule has 0 aliphatic carbocycles. The van der Waals surface area contributed by atoms with Crippen molar-refractivity contribution >= 4 is 57.4 Å². The van der Waals surface area contributed by atoms with Crippen LogP contribution in [0.1, 0.15) is 18.9 Å². The molecular formula is C30H30ClN11O3. The Hall–Kier alpha value is -5.24. The quantitative estimate of drug-likeness (QED) is 0.255. The number of aromatic nitrogens is 7. The summed E-state index contributed by atoms with van der Waals surface area (Å²) in [6, 6.07) is 9.33. The van der Waals surface area contributed by atoms with Gasteiger partial charge in [0.15, 0.2) is 11.6 Å². The van der Waals surface area contributed by atoms with Crippen LogP contribution in [0, 0.1) is 5.92 Å². The van der Waals surface area contributed by atoms with Crippen molar-refractivity contribution in [2.45, 2.75) is 25.8 Å². The Morgan fingerprint density at radius 1 is 1.02 bits per heavy atom. The Morgan fingerprint density at radius 3 is 2.67 bits per heavy atom. The van der Waals surface area contributed by atoms with Crippen LogP contribution in [-0.2, 0) is 18.3 Å². The van der Waals surface area contributed by atoms with E-state index in [0.717, 1.165) is 41.7 Å². The maximum Gasteiger partial charge on any atom is 0.334 e. The third-order valence-corrected chi connectivity index (χ3v) is 8.67. The second-order valence-corrected chi connectivity index (χ2v) is 11.9. The molecule has 0 unspecified atom stereocenters. The summed E-state index contributed by atoms with van der Waals surface area (Å²) >= 11 is 6.46. The van der Waals surface area contributed by atoms with E-state index in [9.17, 15) is 14.4 Å². The Labute approximate surface area is 261 Å². The highest BCUT2D eigenvalue weighted by Crippen LogP contribution is 2.32. The molecule has 5 aromatic rings. The minimum Gasteiger partial charge on any atom is -0.382 e. The van der Waals surface area contributed by atoms with Crippen molar-refractivity contribution in [1.29, 1.82) is 0 Å². The number of carbonyl (C=O) groups is 1. The van der Waals surface area contributed by atoms with Gasteiger partial charge in [-0.1, -0.05) is 18.5 Å². The highest BCUT2D eigenvalue weighted by molar-refractivity contribution is 6.32. The van der Waals surface area contributed by atoms with Gasteiger partial charge in [-0.25, -0.2) is 14.8 Å². The number of nitrogens with zero attached hydrogens (tertiary/aromatic N) is 8. The fourth-order valence-electron chi connectivity index (χ4n) is 5.98. The van der Waals surface area contributed by atoms with E-state index in [1.807, 2.05) is 31.3 Å². The van der Waals surface area contributed by atoms with Crippen LogP contribution < -0.4 is 31.7 Å². The lowest BCUT2D eigenvalue weighted by Crippen LogP contribution is -2.46. The van der Waals surface area contributed by atoms with E-state index in [0.29, 0.717) is 40.5 Å². The van der Waals surface area contributed by atoms with Gasteiger partial charge in [0.2, 0.25) is 11.9 Å². The Balaban J connectivity index is 1.04. The predicted molar refractivity (Wildman–Crippen MR) is 172 cm³/mol. The summed E-state index contributed by atoms with van der Waals surface area (Å²) < 4.78 is 3.05. The zero-order chi connectivity index (χ0) is 31.4. The number of aryl methyl sites for hydroxylation is 1. The molecule has 6 heterocycles. The molecule has 1 amide bonds. The number of rotatable bonds is 6. The first-order valence-electron chi connectivity index (χ1n) is 14.5. The lowest BCUT2D eigenvalue weighted by atomic mass is 9.93. The van der Waals surface area contributed by atoms with Gasteiger partial charge in [-0.05, 0) is 36.6 Å². The number of likely N-dealkylation sites (N-methyl/N-ethyl adjacent to an activating group) is 1. The number of carbonyl (C=O) groups excluding carboxylic acids is 1. The van der Waals surface area contributed by atoms with Gasteiger partial charge in [0, 0.05) is 62.1 Å². The molecule has 1 aromatic carbocycles. The molecule has 0 radical (unpaired) electrons. The van der Waals surface area contributed by atoms with Crippen LogP contribution >= 0.6 is 11.6 Å². The summed E-state index contributed by atoms with van der Waals surface area (Å²) in [6.07, 6.45) is 5.86. The van der Waals surface area contributed by atoms with Crippen molar-refractivity contribution in [2.24, 2.45) is 13.0 Å². The molecule has 230 valence electrons. The molecule has 3 N–H and O–H groups in total. The number of halogens is 1. The summed E-state index contributed by atoms with van der Waals surface area (Å²) in [6.45, 7) is 3.67. The Kier molecular flexibility index (Phi) is 7.00. The maximum atomic E-state index is 12.4. The first kappa shape index (κ1) is 28.5. The molecule has 0 bridgehead atoms. The average Bonchev–Trinajstić information content (AvgIpc) is 3.49. The monoisotopic (exact) mass is 627 g/mol. The van der Waals surface area contributed by atoms with Crippen molar-refractivity contribution in [1.82, 2.24) is 34.3 Å². The largest absolute Gasteiger partial charge is 0.382 e. The van der Waals surface area contributed by atoms with E-state index in [4.69, 9.17) is 16.6 Å². The van der Waals surface area contributed by atoms with Gasteiger partial charge in [0.25, 0.3) is 5.56 Å². The van der Waals surface area contributed by atoms with E-state index in [1.54, 1.807) is 29.0 Å². The van der Waals surface area contributed by atoms with Gasteiger partial charge in [-0.2, -0.15) is 10.1 Å². The molecule has 2 aliphatic rings. The SMILES string of the molecule is C[C@@H]1CN(c2ncc(Cl)c(Nc3cnc4c(c3)CC(=O)N4C)n2)CC[C@H]1Nc1ccc2c(-n3ccc(=O)[nH]c3=O)nn(C)c2c1. The molecule has 0 saturated carbocycles. The van der Waals surface area contributed by atoms with E-state index >= 15 is 0 Å². The van der Waals surface area contributed by atoms with E-state index in [2.05, 4.69) is 42.5 Å². The standard InChI is InChI=1S/C30H30ClN11O3/c1-16-15-41(29-33-14-21(31)26(37-29)35-19-10-17-11-25(44)39(2)27(17)32-13-19)8-6-22(16)34-18-4-5-20-23(12-18)40(3)38-28(20)42-9-7-24(43)36-30(42)45/h4-5,7,9-10,12-14,16,22,34H,6,8,11,15H2,1-3H3,(H,33,35,37)(H,36,43,45)/t16-,22-/m1/s1. The number of amides is 1. The molecule has 1 saturated heterocycles. The van der Waals surface area contributed by atoms with Crippen molar-refractivity contribution in [3.05, 3.63) is 80.3 Å². The minimum atomic E-state index is -0.538. The fraction of sp³-hybridized carbons (Fsp3) is 0.300. The summed E-state index contributed by atoms with van der Waals surface area (Å²) in [5.41, 5.74) is 2.36. The molecule has 45 heavy (non-hydrogen) atoms. The molecule has 14 nitrogen and oxygen atoms in total.